The van der Waals surface area contributed by atoms with Gasteiger partial charge in [-0.15, -0.1) is 0 Å². The lowest BCUT2D eigenvalue weighted by Gasteiger charge is -2.25. The molecule has 0 N–H and O–H groups in total. The highest BCUT2D eigenvalue weighted by molar-refractivity contribution is 5.29. The Bertz CT molecular complexity index is 945. The van der Waals surface area contributed by atoms with Gasteiger partial charge in [0.25, 0.3) is 0 Å². The number of ether oxygens (including phenoxy) is 1. The molecule has 30 heavy (non-hydrogen) atoms. The van der Waals surface area contributed by atoms with E-state index >= 15 is 0 Å². The zero-order valence-electron chi connectivity index (χ0n) is 17.9. The first kappa shape index (κ1) is 20.5. The third-order valence-corrected chi connectivity index (χ3v) is 5.41. The van der Waals surface area contributed by atoms with Crippen LogP contribution in [0.5, 0.6) is 5.75 Å². The molecule has 5 nitrogen and oxygen atoms in total. The van der Waals surface area contributed by atoms with E-state index in [1.54, 1.807) is 6.20 Å². The van der Waals surface area contributed by atoms with Crippen molar-refractivity contribution < 1.29 is 4.74 Å². The fourth-order valence-electron chi connectivity index (χ4n) is 4.06. The minimum Gasteiger partial charge on any atom is -0.487 e. The van der Waals surface area contributed by atoms with Crippen LogP contribution in [0.2, 0.25) is 0 Å². The zero-order valence-corrected chi connectivity index (χ0v) is 17.9. The van der Waals surface area contributed by atoms with E-state index in [9.17, 15) is 0 Å². The smallest absolute Gasteiger partial charge is 0.130 e. The lowest BCUT2D eigenvalue weighted by Crippen LogP contribution is -2.24. The molecule has 1 aliphatic heterocycles. The van der Waals surface area contributed by atoms with Crippen LogP contribution in [0.25, 0.3) is 0 Å². The minimum atomic E-state index is 0.380. The predicted octanol–water partition coefficient (Wildman–Crippen LogP) is 4.45. The van der Waals surface area contributed by atoms with Crippen molar-refractivity contribution in [2.75, 3.05) is 20.6 Å². The molecule has 0 radical (unpaired) electrons. The Labute approximate surface area is 179 Å². The summed E-state index contributed by atoms with van der Waals surface area (Å²) < 4.78 is 5.96. The second kappa shape index (κ2) is 9.83. The maximum absolute atomic E-state index is 5.96. The van der Waals surface area contributed by atoms with E-state index in [4.69, 9.17) is 9.72 Å². The summed E-state index contributed by atoms with van der Waals surface area (Å²) in [5.41, 5.74) is 4.53. The van der Waals surface area contributed by atoms with Gasteiger partial charge in [0.15, 0.2) is 0 Å². The predicted molar refractivity (Wildman–Crippen MR) is 119 cm³/mol. The van der Waals surface area contributed by atoms with Crippen LogP contribution in [-0.2, 0) is 19.7 Å². The molecule has 4 rings (SSSR count). The van der Waals surface area contributed by atoms with Crippen molar-refractivity contribution in [1.82, 2.24) is 19.8 Å². The van der Waals surface area contributed by atoms with Gasteiger partial charge in [-0.25, -0.2) is 0 Å². The van der Waals surface area contributed by atoms with E-state index in [0.717, 1.165) is 43.2 Å². The molecule has 1 atom stereocenters. The molecule has 1 aromatic carbocycles. The Hall–Kier alpha value is -2.76. The lowest BCUT2D eigenvalue weighted by atomic mass is 10.1. The van der Waals surface area contributed by atoms with Crippen LogP contribution in [0.4, 0.5) is 0 Å². The highest BCUT2D eigenvalue weighted by Crippen LogP contribution is 2.32. The second-order valence-corrected chi connectivity index (χ2v) is 8.18. The normalized spacial score (nSPS) is 16.8. The van der Waals surface area contributed by atoms with E-state index < -0.39 is 0 Å². The molecule has 0 amide bonds. The van der Waals surface area contributed by atoms with Gasteiger partial charge in [0.05, 0.1) is 23.1 Å². The van der Waals surface area contributed by atoms with Crippen LogP contribution >= 0.6 is 0 Å². The molecule has 1 aliphatic rings. The second-order valence-electron chi connectivity index (χ2n) is 8.18. The monoisotopic (exact) mass is 402 g/mol. The average Bonchev–Trinajstić information content (AvgIpc) is 3.21. The first-order chi connectivity index (χ1) is 14.7. The quantitative estimate of drug-likeness (QED) is 0.557. The first-order valence-electron chi connectivity index (χ1n) is 10.6. The summed E-state index contributed by atoms with van der Waals surface area (Å²) >= 11 is 0. The molecule has 0 saturated carbocycles. The number of hydrogen-bond acceptors (Lipinski definition) is 5. The van der Waals surface area contributed by atoms with Crippen molar-refractivity contribution in [2.24, 2.45) is 0 Å². The summed E-state index contributed by atoms with van der Waals surface area (Å²) in [6.07, 6.45) is 4.17. The summed E-state index contributed by atoms with van der Waals surface area (Å²) in [5.74, 6) is 0.889. The van der Waals surface area contributed by atoms with Crippen molar-refractivity contribution in [3.63, 3.8) is 0 Å². The number of rotatable bonds is 8. The lowest BCUT2D eigenvalue weighted by molar-refractivity contribution is 0.242. The van der Waals surface area contributed by atoms with Gasteiger partial charge in [-0.2, -0.15) is 0 Å². The highest BCUT2D eigenvalue weighted by Gasteiger charge is 2.27. The van der Waals surface area contributed by atoms with E-state index in [2.05, 4.69) is 65.3 Å². The molecule has 3 heterocycles. The largest absolute Gasteiger partial charge is 0.487 e. The van der Waals surface area contributed by atoms with E-state index in [-0.39, 0.29) is 0 Å². The van der Waals surface area contributed by atoms with Gasteiger partial charge >= 0.3 is 0 Å². The van der Waals surface area contributed by atoms with Gasteiger partial charge in [-0.1, -0.05) is 24.3 Å². The SMILES string of the molecule is CN(C)Cc1cccc([C@H]2CCCN2Cc2cccc(OCc3ccccn3)c2)n1. The number of pyridine rings is 2. The molecule has 2 aromatic heterocycles. The summed E-state index contributed by atoms with van der Waals surface area (Å²) in [6, 6.07) is 21.1. The minimum absolute atomic E-state index is 0.380. The van der Waals surface area contributed by atoms with E-state index in [1.165, 1.54) is 17.7 Å². The molecule has 3 aromatic rings. The van der Waals surface area contributed by atoms with Gasteiger partial charge in [0.1, 0.15) is 12.4 Å². The maximum Gasteiger partial charge on any atom is 0.130 e. The Morgan fingerprint density at radius 3 is 2.73 bits per heavy atom. The van der Waals surface area contributed by atoms with Crippen LogP contribution in [0.3, 0.4) is 0 Å². The number of hydrogen-bond donors (Lipinski definition) is 0. The molecule has 0 unspecified atom stereocenters. The van der Waals surface area contributed by atoms with Crippen molar-refractivity contribution in [2.45, 2.75) is 38.6 Å². The van der Waals surface area contributed by atoms with E-state index in [0.29, 0.717) is 12.6 Å². The van der Waals surface area contributed by atoms with Crippen molar-refractivity contribution >= 4 is 0 Å². The molecule has 0 aliphatic carbocycles. The third-order valence-electron chi connectivity index (χ3n) is 5.41. The van der Waals surface area contributed by atoms with Crippen molar-refractivity contribution in [3.05, 3.63) is 89.5 Å². The van der Waals surface area contributed by atoms with Crippen LogP contribution < -0.4 is 4.74 Å². The molecule has 1 fully saturated rings. The fraction of sp³-hybridized carbons (Fsp3) is 0.360. The standard InChI is InChI=1S/C25H30N4O/c1-28(2)18-21-10-6-12-24(27-21)25-13-7-15-29(25)17-20-8-5-11-23(16-20)30-19-22-9-3-4-14-26-22/h3-6,8-12,14,16,25H,7,13,15,17-19H2,1-2H3/t25-/m1/s1. The topological polar surface area (TPSA) is 41.5 Å². The van der Waals surface area contributed by atoms with Crippen molar-refractivity contribution in [3.8, 4) is 5.75 Å². The zero-order chi connectivity index (χ0) is 20.8. The summed E-state index contributed by atoms with van der Waals surface area (Å²) in [5, 5.41) is 0. The summed E-state index contributed by atoms with van der Waals surface area (Å²) in [4.78, 5) is 14.0. The molecular formula is C25H30N4O. The maximum atomic E-state index is 5.96. The Morgan fingerprint density at radius 2 is 1.90 bits per heavy atom. The van der Waals surface area contributed by atoms with Gasteiger partial charge < -0.3 is 9.64 Å². The van der Waals surface area contributed by atoms with Crippen molar-refractivity contribution in [1.29, 1.82) is 0 Å². The fourth-order valence-corrected chi connectivity index (χ4v) is 4.06. The summed E-state index contributed by atoms with van der Waals surface area (Å²) in [7, 11) is 4.16. The Morgan fingerprint density at radius 1 is 1.03 bits per heavy atom. The summed E-state index contributed by atoms with van der Waals surface area (Å²) in [6.45, 7) is 3.36. The number of benzene rings is 1. The van der Waals surface area contributed by atoms with Crippen LogP contribution in [0.1, 0.15) is 41.5 Å². The Kier molecular flexibility index (Phi) is 6.72. The molecule has 0 spiro atoms. The van der Waals surface area contributed by atoms with Crippen LogP contribution in [0.15, 0.2) is 66.9 Å². The third kappa shape index (κ3) is 5.43. The molecule has 1 saturated heterocycles. The number of nitrogens with zero attached hydrogens (tertiary/aromatic N) is 4. The molecular weight excluding hydrogens is 372 g/mol. The molecule has 5 heteroatoms. The van der Waals surface area contributed by atoms with Crippen LogP contribution in [-0.4, -0.2) is 40.4 Å². The molecule has 156 valence electrons. The van der Waals surface area contributed by atoms with Gasteiger partial charge in [0, 0.05) is 19.3 Å². The van der Waals surface area contributed by atoms with Gasteiger partial charge in [-0.05, 0) is 75.4 Å². The molecule has 0 bridgehead atoms. The number of aromatic nitrogens is 2. The first-order valence-corrected chi connectivity index (χ1v) is 10.6. The van der Waals surface area contributed by atoms with Gasteiger partial charge in [-0.3, -0.25) is 14.9 Å². The Balaban J connectivity index is 1.42. The average molecular weight is 403 g/mol. The van der Waals surface area contributed by atoms with Crippen LogP contribution in [0, 0.1) is 0 Å². The highest BCUT2D eigenvalue weighted by atomic mass is 16.5. The van der Waals surface area contributed by atoms with Gasteiger partial charge in [0.2, 0.25) is 0 Å². The van der Waals surface area contributed by atoms with E-state index in [1.807, 2.05) is 24.3 Å². The number of likely N-dealkylation sites (tertiary alicyclic amines) is 1.